The fourth-order valence-electron chi connectivity index (χ4n) is 2.17. The van der Waals surface area contributed by atoms with Crippen molar-refractivity contribution in [2.24, 2.45) is 0 Å². The van der Waals surface area contributed by atoms with E-state index in [0.29, 0.717) is 13.1 Å². The van der Waals surface area contributed by atoms with Gasteiger partial charge in [-0.1, -0.05) is 52.3 Å². The van der Waals surface area contributed by atoms with Gasteiger partial charge in [-0.3, -0.25) is 0 Å². The van der Waals surface area contributed by atoms with Gasteiger partial charge in [-0.15, -0.1) is 0 Å². The molecule has 2 aromatic rings. The van der Waals surface area contributed by atoms with Gasteiger partial charge in [-0.05, 0) is 17.7 Å². The maximum atomic E-state index is 9.49. The third-order valence-corrected chi connectivity index (χ3v) is 3.64. The van der Waals surface area contributed by atoms with Crippen molar-refractivity contribution in [3.8, 4) is 0 Å². The standard InChI is InChI=1S/C16H18BrNO2/c17-15-7-6-14(12-20)16(10-15)18(8-9-19)11-13-4-2-1-3-5-13/h1-7,10,19-20H,8-9,11-12H2. The van der Waals surface area contributed by atoms with Gasteiger partial charge in [0.05, 0.1) is 13.2 Å². The molecule has 0 aromatic heterocycles. The smallest absolute Gasteiger partial charge is 0.0702 e. The van der Waals surface area contributed by atoms with Crippen molar-refractivity contribution in [2.75, 3.05) is 18.1 Å². The largest absolute Gasteiger partial charge is 0.395 e. The monoisotopic (exact) mass is 335 g/mol. The molecule has 0 saturated carbocycles. The van der Waals surface area contributed by atoms with E-state index in [-0.39, 0.29) is 13.2 Å². The first-order valence-corrected chi connectivity index (χ1v) is 7.33. The highest BCUT2D eigenvalue weighted by atomic mass is 79.9. The minimum atomic E-state index is -0.0146. The molecule has 0 aliphatic carbocycles. The number of benzene rings is 2. The third kappa shape index (κ3) is 3.82. The van der Waals surface area contributed by atoms with Crippen LogP contribution >= 0.6 is 15.9 Å². The van der Waals surface area contributed by atoms with Crippen LogP contribution in [0.1, 0.15) is 11.1 Å². The van der Waals surface area contributed by atoms with Crippen LogP contribution in [0, 0.1) is 0 Å². The van der Waals surface area contributed by atoms with Crippen molar-refractivity contribution < 1.29 is 10.2 Å². The van der Waals surface area contributed by atoms with E-state index in [9.17, 15) is 10.2 Å². The van der Waals surface area contributed by atoms with Crippen LogP contribution in [0.3, 0.4) is 0 Å². The number of anilines is 1. The minimum Gasteiger partial charge on any atom is -0.395 e. The molecule has 0 saturated heterocycles. The van der Waals surface area contributed by atoms with Gasteiger partial charge >= 0.3 is 0 Å². The zero-order valence-electron chi connectivity index (χ0n) is 11.2. The second-order valence-corrected chi connectivity index (χ2v) is 5.48. The van der Waals surface area contributed by atoms with Crippen molar-refractivity contribution >= 4 is 21.6 Å². The maximum Gasteiger partial charge on any atom is 0.0702 e. The summed E-state index contributed by atoms with van der Waals surface area (Å²) in [4.78, 5) is 2.08. The molecule has 0 spiro atoms. The van der Waals surface area contributed by atoms with E-state index in [4.69, 9.17) is 0 Å². The Kier molecular flexibility index (Phi) is 5.59. The van der Waals surface area contributed by atoms with Gasteiger partial charge in [0, 0.05) is 28.8 Å². The van der Waals surface area contributed by atoms with E-state index in [1.54, 1.807) is 0 Å². The number of hydrogen-bond donors (Lipinski definition) is 2. The van der Waals surface area contributed by atoms with Crippen molar-refractivity contribution in [1.29, 1.82) is 0 Å². The predicted molar refractivity (Wildman–Crippen MR) is 84.6 cm³/mol. The van der Waals surface area contributed by atoms with Crippen LogP contribution in [0.15, 0.2) is 53.0 Å². The summed E-state index contributed by atoms with van der Waals surface area (Å²) < 4.78 is 0.959. The van der Waals surface area contributed by atoms with Crippen molar-refractivity contribution in [3.05, 3.63) is 64.1 Å². The topological polar surface area (TPSA) is 43.7 Å². The summed E-state index contributed by atoms with van der Waals surface area (Å²) in [7, 11) is 0. The Labute approximate surface area is 127 Å². The first-order valence-electron chi connectivity index (χ1n) is 6.53. The lowest BCUT2D eigenvalue weighted by atomic mass is 10.1. The molecule has 0 fully saturated rings. The molecule has 3 nitrogen and oxygen atoms in total. The van der Waals surface area contributed by atoms with E-state index < -0.39 is 0 Å². The lowest BCUT2D eigenvalue weighted by molar-refractivity contribution is 0.280. The Morgan fingerprint density at radius 2 is 1.75 bits per heavy atom. The van der Waals surface area contributed by atoms with E-state index in [1.165, 1.54) is 5.56 Å². The normalized spacial score (nSPS) is 10.6. The van der Waals surface area contributed by atoms with Crippen LogP contribution in [0.2, 0.25) is 0 Å². The van der Waals surface area contributed by atoms with Gasteiger partial charge in [-0.2, -0.15) is 0 Å². The summed E-state index contributed by atoms with van der Waals surface area (Å²) >= 11 is 3.46. The second kappa shape index (κ2) is 7.43. The zero-order valence-corrected chi connectivity index (χ0v) is 12.8. The number of aliphatic hydroxyl groups is 2. The maximum absolute atomic E-state index is 9.49. The van der Waals surface area contributed by atoms with Gasteiger partial charge in [-0.25, -0.2) is 0 Å². The van der Waals surface area contributed by atoms with Gasteiger partial charge < -0.3 is 15.1 Å². The van der Waals surface area contributed by atoms with E-state index >= 15 is 0 Å². The summed E-state index contributed by atoms with van der Waals surface area (Å²) in [5.74, 6) is 0. The van der Waals surface area contributed by atoms with Crippen LogP contribution < -0.4 is 4.90 Å². The molecule has 20 heavy (non-hydrogen) atoms. The number of halogens is 1. The quantitative estimate of drug-likeness (QED) is 0.852. The summed E-state index contributed by atoms with van der Waals surface area (Å²) in [6.07, 6.45) is 0. The zero-order chi connectivity index (χ0) is 14.4. The molecule has 0 unspecified atom stereocenters. The van der Waals surface area contributed by atoms with Gasteiger partial charge in [0.1, 0.15) is 0 Å². The molecule has 2 rings (SSSR count). The number of hydrogen-bond acceptors (Lipinski definition) is 3. The van der Waals surface area contributed by atoms with Crippen LogP contribution in [0.25, 0.3) is 0 Å². The highest BCUT2D eigenvalue weighted by molar-refractivity contribution is 9.10. The Morgan fingerprint density at radius 1 is 1.00 bits per heavy atom. The van der Waals surface area contributed by atoms with Gasteiger partial charge in [0.2, 0.25) is 0 Å². The fourth-order valence-corrected chi connectivity index (χ4v) is 2.52. The average molecular weight is 336 g/mol. The fraction of sp³-hybridized carbons (Fsp3) is 0.250. The number of nitrogens with zero attached hydrogens (tertiary/aromatic N) is 1. The Hall–Kier alpha value is -1.36. The first-order chi connectivity index (χ1) is 9.74. The molecule has 2 aromatic carbocycles. The molecule has 4 heteroatoms. The van der Waals surface area contributed by atoms with Gasteiger partial charge in [0.15, 0.2) is 0 Å². The minimum absolute atomic E-state index is 0.0146. The van der Waals surface area contributed by atoms with E-state index in [0.717, 1.165) is 15.7 Å². The number of rotatable bonds is 6. The third-order valence-electron chi connectivity index (χ3n) is 3.14. The SMILES string of the molecule is OCCN(Cc1ccccc1)c1cc(Br)ccc1CO. The van der Waals surface area contributed by atoms with Crippen LogP contribution in [0.5, 0.6) is 0 Å². The number of aliphatic hydroxyl groups excluding tert-OH is 2. The highest BCUT2D eigenvalue weighted by Gasteiger charge is 2.12. The summed E-state index contributed by atoms with van der Waals surface area (Å²) in [5, 5.41) is 18.8. The van der Waals surface area contributed by atoms with E-state index in [1.807, 2.05) is 36.4 Å². The first kappa shape index (κ1) is 15.0. The summed E-state index contributed by atoms with van der Waals surface area (Å²) in [5.41, 5.74) is 2.97. The van der Waals surface area contributed by atoms with Gasteiger partial charge in [0.25, 0.3) is 0 Å². The lowest BCUT2D eigenvalue weighted by Crippen LogP contribution is -2.27. The molecule has 0 aliphatic rings. The molecular weight excluding hydrogens is 318 g/mol. The molecule has 106 valence electrons. The second-order valence-electron chi connectivity index (χ2n) is 4.56. The molecule has 0 bridgehead atoms. The Morgan fingerprint density at radius 3 is 2.40 bits per heavy atom. The van der Waals surface area contributed by atoms with Crippen LogP contribution in [0.4, 0.5) is 5.69 Å². The highest BCUT2D eigenvalue weighted by Crippen LogP contribution is 2.26. The van der Waals surface area contributed by atoms with E-state index in [2.05, 4.69) is 33.0 Å². The molecule has 0 radical (unpaired) electrons. The molecular formula is C16H18BrNO2. The molecule has 2 N–H and O–H groups in total. The lowest BCUT2D eigenvalue weighted by Gasteiger charge is -2.26. The van der Waals surface area contributed by atoms with Crippen molar-refractivity contribution in [1.82, 2.24) is 0 Å². The average Bonchev–Trinajstić information content (AvgIpc) is 2.48. The molecule has 0 amide bonds. The molecule has 0 heterocycles. The summed E-state index contributed by atoms with van der Waals surface area (Å²) in [6.45, 7) is 1.28. The predicted octanol–water partition coefficient (Wildman–Crippen LogP) is 2.94. The van der Waals surface area contributed by atoms with Crippen LogP contribution in [-0.4, -0.2) is 23.4 Å². The van der Waals surface area contributed by atoms with Crippen molar-refractivity contribution in [3.63, 3.8) is 0 Å². The van der Waals surface area contributed by atoms with Crippen LogP contribution in [-0.2, 0) is 13.2 Å². The molecule has 0 aliphatic heterocycles. The Balaban J connectivity index is 2.30. The Bertz CT molecular complexity index is 545. The van der Waals surface area contributed by atoms with Crippen molar-refractivity contribution in [2.45, 2.75) is 13.2 Å². The molecule has 0 atom stereocenters. The summed E-state index contributed by atoms with van der Waals surface area (Å²) in [6, 6.07) is 15.9.